The van der Waals surface area contributed by atoms with Crippen LogP contribution >= 0.6 is 0 Å². The topological polar surface area (TPSA) is 118 Å². The molecule has 0 rings (SSSR count). The molecule has 1 atom stereocenters. The highest BCUT2D eigenvalue weighted by Gasteiger charge is 2.25. The van der Waals surface area contributed by atoms with Gasteiger partial charge in [-0.05, 0) is 6.42 Å². The second kappa shape index (κ2) is 5.60. The Bertz CT molecular complexity index is 437. The second-order valence-electron chi connectivity index (χ2n) is 3.46. The monoisotopic (exact) mass is 273 g/mol. The summed E-state index contributed by atoms with van der Waals surface area (Å²) in [4.78, 5) is 10.7. The van der Waals surface area contributed by atoms with Crippen LogP contribution in [0, 0.1) is 0 Å². The second-order valence-corrected chi connectivity index (χ2v) is 7.72. The van der Waals surface area contributed by atoms with Crippen LogP contribution in [0.2, 0.25) is 0 Å². The third-order valence-corrected chi connectivity index (χ3v) is 5.16. The lowest BCUT2D eigenvalue weighted by Gasteiger charge is -2.13. The molecule has 0 heterocycles. The van der Waals surface area contributed by atoms with E-state index in [1.54, 1.807) is 6.92 Å². The summed E-state index contributed by atoms with van der Waals surface area (Å²) in [5.41, 5.74) is 0. The van der Waals surface area contributed by atoms with Crippen LogP contribution in [0.3, 0.4) is 0 Å². The number of carboxylic acids is 1. The van der Waals surface area contributed by atoms with Crippen LogP contribution in [0.4, 0.5) is 0 Å². The Kier molecular flexibility index (Phi) is 5.36. The average Bonchev–Trinajstić information content (AvgIpc) is 1.97. The first-order valence-corrected chi connectivity index (χ1v) is 8.19. The Labute approximate surface area is 94.8 Å². The van der Waals surface area contributed by atoms with Crippen LogP contribution in [-0.2, 0) is 24.7 Å². The first-order valence-electron chi connectivity index (χ1n) is 4.48. The third-order valence-electron chi connectivity index (χ3n) is 1.57. The van der Waals surface area contributed by atoms with Gasteiger partial charge >= 0.3 is 5.97 Å². The van der Waals surface area contributed by atoms with E-state index in [1.165, 1.54) is 0 Å². The number of carbonyl (C=O) groups is 1. The van der Waals surface area contributed by atoms with Crippen molar-refractivity contribution in [3.05, 3.63) is 0 Å². The van der Waals surface area contributed by atoms with E-state index in [1.807, 2.05) is 4.72 Å². The highest BCUT2D eigenvalue weighted by Crippen LogP contribution is 2.01. The minimum Gasteiger partial charge on any atom is -0.480 e. The zero-order chi connectivity index (χ0) is 13.0. The molecular formula is C7H15NO6S2. The van der Waals surface area contributed by atoms with Crippen LogP contribution in [-0.4, -0.2) is 45.3 Å². The lowest BCUT2D eigenvalue weighted by Crippen LogP contribution is -2.42. The summed E-state index contributed by atoms with van der Waals surface area (Å²) in [6.45, 7) is 1.70. The van der Waals surface area contributed by atoms with Gasteiger partial charge in [0.15, 0.2) is 14.9 Å². The average molecular weight is 273 g/mol. The molecule has 0 unspecified atom stereocenters. The van der Waals surface area contributed by atoms with Crippen molar-refractivity contribution in [2.45, 2.75) is 25.8 Å². The van der Waals surface area contributed by atoms with Gasteiger partial charge in [0.25, 0.3) is 0 Å². The van der Waals surface area contributed by atoms with Gasteiger partial charge in [-0.1, -0.05) is 13.3 Å². The minimum absolute atomic E-state index is 0.109. The molecule has 0 aromatic heterocycles. The molecule has 7 nitrogen and oxygen atoms in total. The fourth-order valence-corrected chi connectivity index (χ4v) is 4.23. The Morgan fingerprint density at radius 3 is 2.12 bits per heavy atom. The molecule has 0 aliphatic heterocycles. The number of aliphatic carboxylic acids is 1. The van der Waals surface area contributed by atoms with Crippen molar-refractivity contribution in [2.24, 2.45) is 0 Å². The molecule has 0 saturated carbocycles. The van der Waals surface area contributed by atoms with E-state index in [0.717, 1.165) is 6.26 Å². The van der Waals surface area contributed by atoms with Crippen LogP contribution in [0.15, 0.2) is 0 Å². The van der Waals surface area contributed by atoms with Crippen molar-refractivity contribution >= 4 is 25.8 Å². The molecule has 9 heteroatoms. The van der Waals surface area contributed by atoms with E-state index < -0.39 is 37.0 Å². The molecule has 2 N–H and O–H groups in total. The number of hydrogen-bond acceptors (Lipinski definition) is 5. The van der Waals surface area contributed by atoms with Gasteiger partial charge in [-0.3, -0.25) is 4.79 Å². The van der Waals surface area contributed by atoms with Crippen LogP contribution in [0.5, 0.6) is 0 Å². The standard InChI is InChI=1S/C7H15NO6S2/c1-3-4-6(7(9)10)8-16(13,14)5-15(2,11)12/h6,8H,3-5H2,1-2H3,(H,9,10)/t6-/m1/s1. The molecule has 96 valence electrons. The Balaban J connectivity index is 4.74. The van der Waals surface area contributed by atoms with Gasteiger partial charge in [0, 0.05) is 6.26 Å². The zero-order valence-electron chi connectivity index (χ0n) is 9.00. The van der Waals surface area contributed by atoms with Crippen molar-refractivity contribution < 1.29 is 26.7 Å². The number of sulfonamides is 1. The van der Waals surface area contributed by atoms with Gasteiger partial charge < -0.3 is 5.11 Å². The maximum absolute atomic E-state index is 11.3. The predicted octanol–water partition coefficient (Wildman–Crippen LogP) is -0.839. The third kappa shape index (κ3) is 6.75. The number of rotatable bonds is 7. The molecule has 0 aromatic carbocycles. The summed E-state index contributed by atoms with van der Waals surface area (Å²) in [6.07, 6.45) is 1.35. The maximum Gasteiger partial charge on any atom is 0.321 e. The molecular weight excluding hydrogens is 258 g/mol. The van der Waals surface area contributed by atoms with E-state index in [0.29, 0.717) is 6.42 Å². The van der Waals surface area contributed by atoms with Crippen molar-refractivity contribution in [1.29, 1.82) is 0 Å². The quantitative estimate of drug-likeness (QED) is 0.624. The Morgan fingerprint density at radius 2 is 1.81 bits per heavy atom. The first kappa shape index (κ1) is 15.3. The molecule has 0 spiro atoms. The highest BCUT2D eigenvalue weighted by molar-refractivity contribution is 8.06. The summed E-state index contributed by atoms with van der Waals surface area (Å²) >= 11 is 0. The summed E-state index contributed by atoms with van der Waals surface area (Å²) in [5, 5.41) is 7.59. The van der Waals surface area contributed by atoms with Gasteiger partial charge in [-0.2, -0.15) is 0 Å². The molecule has 0 amide bonds. The van der Waals surface area contributed by atoms with E-state index in [2.05, 4.69) is 0 Å². The van der Waals surface area contributed by atoms with Gasteiger partial charge in [0.1, 0.15) is 6.04 Å². The van der Waals surface area contributed by atoms with E-state index in [9.17, 15) is 21.6 Å². The molecule has 0 fully saturated rings. The van der Waals surface area contributed by atoms with E-state index >= 15 is 0 Å². The van der Waals surface area contributed by atoms with Crippen LogP contribution in [0.1, 0.15) is 19.8 Å². The largest absolute Gasteiger partial charge is 0.480 e. The van der Waals surface area contributed by atoms with Crippen LogP contribution in [0.25, 0.3) is 0 Å². The Morgan fingerprint density at radius 1 is 1.31 bits per heavy atom. The smallest absolute Gasteiger partial charge is 0.321 e. The van der Waals surface area contributed by atoms with Gasteiger partial charge in [0.05, 0.1) is 0 Å². The molecule has 0 aliphatic rings. The van der Waals surface area contributed by atoms with E-state index in [-0.39, 0.29) is 6.42 Å². The van der Waals surface area contributed by atoms with E-state index in [4.69, 9.17) is 5.11 Å². The summed E-state index contributed by atoms with van der Waals surface area (Å²) in [6, 6.07) is -1.28. The summed E-state index contributed by atoms with van der Waals surface area (Å²) in [5.74, 6) is -1.32. The number of hydrogen-bond donors (Lipinski definition) is 2. The fraction of sp³-hybridized carbons (Fsp3) is 0.857. The molecule has 0 aromatic rings. The molecule has 0 bridgehead atoms. The summed E-state index contributed by atoms with van der Waals surface area (Å²) < 4.78 is 46.0. The van der Waals surface area contributed by atoms with Crippen LogP contribution < -0.4 is 4.72 Å². The molecule has 0 radical (unpaired) electrons. The lowest BCUT2D eigenvalue weighted by atomic mass is 10.2. The maximum atomic E-state index is 11.3. The predicted molar refractivity (Wildman–Crippen MR) is 58.1 cm³/mol. The number of sulfone groups is 1. The zero-order valence-corrected chi connectivity index (χ0v) is 10.6. The van der Waals surface area contributed by atoms with Crippen molar-refractivity contribution in [3.63, 3.8) is 0 Å². The lowest BCUT2D eigenvalue weighted by molar-refractivity contribution is -0.139. The molecule has 16 heavy (non-hydrogen) atoms. The SMILES string of the molecule is CCC[C@@H](NS(=O)(=O)CS(C)(=O)=O)C(=O)O. The normalized spacial score (nSPS) is 14.6. The van der Waals surface area contributed by atoms with Crippen molar-refractivity contribution in [3.8, 4) is 0 Å². The Hall–Kier alpha value is -0.670. The van der Waals surface area contributed by atoms with Gasteiger partial charge in [0.2, 0.25) is 10.0 Å². The first-order chi connectivity index (χ1) is 7.07. The number of carboxylic acid groups (broad SMARTS) is 1. The highest BCUT2D eigenvalue weighted by atomic mass is 32.3. The van der Waals surface area contributed by atoms with Gasteiger partial charge in [-0.25, -0.2) is 21.6 Å². The van der Waals surface area contributed by atoms with Crippen molar-refractivity contribution in [2.75, 3.05) is 11.3 Å². The minimum atomic E-state index is -4.12. The number of nitrogens with one attached hydrogen (secondary N) is 1. The molecule has 0 saturated heterocycles. The fourth-order valence-electron chi connectivity index (χ4n) is 1.05. The summed E-state index contributed by atoms with van der Waals surface area (Å²) in [7, 11) is -7.84. The van der Waals surface area contributed by atoms with Crippen molar-refractivity contribution in [1.82, 2.24) is 4.72 Å². The molecule has 0 aliphatic carbocycles. The van der Waals surface area contributed by atoms with Gasteiger partial charge in [-0.15, -0.1) is 0 Å².